The minimum atomic E-state index is -0.0291. The standard InChI is InChI=1S/C9H13N2/c1-7(10)6-8-2-4-9(11)5-3-8/h2-5,7H,1,6,10-11H2/t7-/m1/s1. The van der Waals surface area contributed by atoms with Gasteiger partial charge >= 0.3 is 0 Å². The van der Waals surface area contributed by atoms with Crippen molar-refractivity contribution >= 4 is 5.69 Å². The van der Waals surface area contributed by atoms with Crippen molar-refractivity contribution in [2.45, 2.75) is 12.5 Å². The van der Waals surface area contributed by atoms with Gasteiger partial charge in [0.1, 0.15) is 0 Å². The minimum absolute atomic E-state index is 0.0291. The van der Waals surface area contributed by atoms with Gasteiger partial charge in [0.25, 0.3) is 0 Å². The Morgan fingerprint density at radius 2 is 1.82 bits per heavy atom. The van der Waals surface area contributed by atoms with Crippen LogP contribution >= 0.6 is 0 Å². The lowest BCUT2D eigenvalue weighted by molar-refractivity contribution is 0.807. The predicted octanol–water partition coefficient (Wildman–Crippen LogP) is 0.973. The van der Waals surface area contributed by atoms with Gasteiger partial charge in [-0.15, -0.1) is 0 Å². The monoisotopic (exact) mass is 149 g/mol. The molecule has 0 aliphatic rings. The van der Waals surface area contributed by atoms with E-state index in [1.165, 1.54) is 5.56 Å². The molecule has 1 rings (SSSR count). The molecule has 0 amide bonds. The molecule has 0 saturated carbocycles. The SMILES string of the molecule is [CH2][C@@H](N)Cc1ccc(N)cc1. The van der Waals surface area contributed by atoms with Gasteiger partial charge in [0.15, 0.2) is 0 Å². The molecule has 1 atom stereocenters. The highest BCUT2D eigenvalue weighted by atomic mass is 14.6. The molecule has 2 heteroatoms. The van der Waals surface area contributed by atoms with Gasteiger partial charge < -0.3 is 11.5 Å². The van der Waals surface area contributed by atoms with Gasteiger partial charge in [-0.3, -0.25) is 0 Å². The fourth-order valence-corrected chi connectivity index (χ4v) is 0.956. The fraction of sp³-hybridized carbons (Fsp3) is 0.222. The summed E-state index contributed by atoms with van der Waals surface area (Å²) in [6.07, 6.45) is 0.806. The third-order valence-electron chi connectivity index (χ3n) is 1.48. The highest BCUT2D eigenvalue weighted by molar-refractivity contribution is 5.39. The van der Waals surface area contributed by atoms with Gasteiger partial charge in [0, 0.05) is 11.7 Å². The van der Waals surface area contributed by atoms with Crippen LogP contribution in [0.2, 0.25) is 0 Å². The Bertz CT molecular complexity index is 214. The van der Waals surface area contributed by atoms with Crippen molar-refractivity contribution in [3.63, 3.8) is 0 Å². The van der Waals surface area contributed by atoms with Crippen molar-refractivity contribution in [1.82, 2.24) is 0 Å². The molecule has 0 aromatic heterocycles. The first-order chi connectivity index (χ1) is 5.18. The van der Waals surface area contributed by atoms with E-state index in [9.17, 15) is 0 Å². The summed E-state index contributed by atoms with van der Waals surface area (Å²) in [6, 6.07) is 7.66. The van der Waals surface area contributed by atoms with Crippen LogP contribution in [0.1, 0.15) is 5.56 Å². The highest BCUT2D eigenvalue weighted by Crippen LogP contribution is 2.06. The molecule has 0 aliphatic heterocycles. The number of hydrogen-bond acceptors (Lipinski definition) is 2. The number of hydrogen-bond donors (Lipinski definition) is 2. The lowest BCUT2D eigenvalue weighted by Gasteiger charge is -2.04. The second-order valence-corrected chi connectivity index (χ2v) is 2.71. The van der Waals surface area contributed by atoms with Gasteiger partial charge in [-0.1, -0.05) is 12.1 Å². The first-order valence-corrected chi connectivity index (χ1v) is 3.61. The van der Waals surface area contributed by atoms with Gasteiger partial charge in [-0.2, -0.15) is 0 Å². The molecule has 1 radical (unpaired) electrons. The molecule has 0 saturated heterocycles. The van der Waals surface area contributed by atoms with Crippen molar-refractivity contribution in [1.29, 1.82) is 0 Å². The molecule has 0 spiro atoms. The number of rotatable bonds is 2. The van der Waals surface area contributed by atoms with Crippen LogP contribution in [-0.2, 0) is 6.42 Å². The van der Waals surface area contributed by atoms with Crippen molar-refractivity contribution in [2.75, 3.05) is 5.73 Å². The fourth-order valence-electron chi connectivity index (χ4n) is 0.956. The second-order valence-electron chi connectivity index (χ2n) is 2.71. The number of anilines is 1. The zero-order chi connectivity index (χ0) is 8.27. The van der Waals surface area contributed by atoms with Crippen molar-refractivity contribution in [3.8, 4) is 0 Å². The average Bonchev–Trinajstić information content (AvgIpc) is 1.93. The maximum absolute atomic E-state index is 5.52. The summed E-state index contributed by atoms with van der Waals surface area (Å²) in [5.41, 5.74) is 13.0. The number of nitrogen functional groups attached to an aromatic ring is 1. The lowest BCUT2D eigenvalue weighted by Crippen LogP contribution is -2.18. The summed E-state index contributed by atoms with van der Waals surface area (Å²) in [4.78, 5) is 0. The smallest absolute Gasteiger partial charge is 0.0314 e. The molecule has 0 heterocycles. The Labute approximate surface area is 67.2 Å². The normalized spacial score (nSPS) is 12.9. The quantitative estimate of drug-likeness (QED) is 0.616. The summed E-state index contributed by atoms with van der Waals surface area (Å²) in [5, 5.41) is 0. The van der Waals surface area contributed by atoms with E-state index in [4.69, 9.17) is 11.5 Å². The van der Waals surface area contributed by atoms with Crippen LogP contribution in [0.15, 0.2) is 24.3 Å². The Morgan fingerprint density at radius 1 is 1.27 bits per heavy atom. The van der Waals surface area contributed by atoms with Crippen molar-refractivity contribution in [2.24, 2.45) is 5.73 Å². The molecule has 1 aromatic rings. The molecule has 4 N–H and O–H groups in total. The first kappa shape index (κ1) is 8.08. The average molecular weight is 149 g/mol. The van der Waals surface area contributed by atoms with E-state index >= 15 is 0 Å². The Balaban J connectivity index is 2.66. The van der Waals surface area contributed by atoms with E-state index in [2.05, 4.69) is 6.92 Å². The Hall–Kier alpha value is -1.02. The largest absolute Gasteiger partial charge is 0.399 e. The van der Waals surface area contributed by atoms with Crippen molar-refractivity contribution < 1.29 is 0 Å². The van der Waals surface area contributed by atoms with Crippen LogP contribution in [-0.4, -0.2) is 6.04 Å². The Kier molecular flexibility index (Phi) is 2.49. The summed E-state index contributed by atoms with van der Waals surface area (Å²) in [6.45, 7) is 3.70. The molecule has 1 aromatic carbocycles. The van der Waals surface area contributed by atoms with E-state index < -0.39 is 0 Å². The first-order valence-electron chi connectivity index (χ1n) is 3.61. The molecule has 59 valence electrons. The molecule has 11 heavy (non-hydrogen) atoms. The predicted molar refractivity (Wildman–Crippen MR) is 47.9 cm³/mol. The van der Waals surface area contributed by atoms with Gasteiger partial charge in [0.2, 0.25) is 0 Å². The zero-order valence-electron chi connectivity index (χ0n) is 6.46. The highest BCUT2D eigenvalue weighted by Gasteiger charge is 1.96. The van der Waals surface area contributed by atoms with E-state index in [0.29, 0.717) is 0 Å². The maximum Gasteiger partial charge on any atom is 0.0314 e. The van der Waals surface area contributed by atoms with Gasteiger partial charge in [-0.25, -0.2) is 0 Å². The molecule has 0 bridgehead atoms. The zero-order valence-corrected chi connectivity index (χ0v) is 6.46. The van der Waals surface area contributed by atoms with Crippen molar-refractivity contribution in [3.05, 3.63) is 36.8 Å². The third kappa shape index (κ3) is 2.60. The van der Waals surface area contributed by atoms with Crippen LogP contribution in [0.25, 0.3) is 0 Å². The summed E-state index contributed by atoms with van der Waals surface area (Å²) < 4.78 is 0. The van der Waals surface area contributed by atoms with Crippen LogP contribution in [0.5, 0.6) is 0 Å². The molecule has 0 fully saturated rings. The summed E-state index contributed by atoms with van der Waals surface area (Å²) in [5.74, 6) is 0. The molecular weight excluding hydrogens is 136 g/mol. The molecule has 0 aliphatic carbocycles. The summed E-state index contributed by atoms with van der Waals surface area (Å²) in [7, 11) is 0. The molecule has 0 unspecified atom stereocenters. The Morgan fingerprint density at radius 3 is 2.27 bits per heavy atom. The van der Waals surface area contributed by atoms with E-state index in [1.54, 1.807) is 0 Å². The van der Waals surface area contributed by atoms with E-state index in [0.717, 1.165) is 12.1 Å². The van der Waals surface area contributed by atoms with Gasteiger partial charge in [-0.05, 0) is 31.0 Å². The topological polar surface area (TPSA) is 52.0 Å². The lowest BCUT2D eigenvalue weighted by atomic mass is 10.1. The third-order valence-corrected chi connectivity index (χ3v) is 1.48. The minimum Gasteiger partial charge on any atom is -0.399 e. The van der Waals surface area contributed by atoms with Crippen LogP contribution in [0.4, 0.5) is 5.69 Å². The van der Waals surface area contributed by atoms with Crippen LogP contribution < -0.4 is 11.5 Å². The molecular formula is C9H13N2. The van der Waals surface area contributed by atoms with Crippen LogP contribution in [0.3, 0.4) is 0 Å². The maximum atomic E-state index is 5.52. The number of nitrogens with two attached hydrogens (primary N) is 2. The second kappa shape index (κ2) is 3.39. The van der Waals surface area contributed by atoms with E-state index in [1.807, 2.05) is 24.3 Å². The van der Waals surface area contributed by atoms with Crippen LogP contribution in [0, 0.1) is 6.92 Å². The number of benzene rings is 1. The summed E-state index contributed by atoms with van der Waals surface area (Å²) >= 11 is 0. The molecule has 2 nitrogen and oxygen atoms in total. The van der Waals surface area contributed by atoms with Gasteiger partial charge in [0.05, 0.1) is 0 Å². The van der Waals surface area contributed by atoms with E-state index in [-0.39, 0.29) is 6.04 Å².